The summed E-state index contributed by atoms with van der Waals surface area (Å²) >= 11 is 0. The Labute approximate surface area is 181 Å². The molecule has 2 heteroatoms. The fourth-order valence-electron chi connectivity index (χ4n) is 4.65. The molecule has 5 aromatic carbocycles. The van der Waals surface area contributed by atoms with Crippen LogP contribution < -0.4 is 0 Å². The SMILES string of the molecule is c1ccc2c(Cc3nc4ccccc4n3Cc3cccc4ccccc34)cccc2c1. The van der Waals surface area contributed by atoms with E-state index in [4.69, 9.17) is 4.98 Å². The number of hydrogen-bond acceptors (Lipinski definition) is 1. The van der Waals surface area contributed by atoms with Crippen LogP contribution in [0.4, 0.5) is 0 Å². The Morgan fingerprint density at radius 2 is 1.13 bits per heavy atom. The summed E-state index contributed by atoms with van der Waals surface area (Å²) in [6.07, 6.45) is 0.806. The zero-order valence-electron chi connectivity index (χ0n) is 17.2. The summed E-state index contributed by atoms with van der Waals surface area (Å²) in [5.74, 6) is 1.10. The molecule has 6 rings (SSSR count). The van der Waals surface area contributed by atoms with Crippen LogP contribution in [0.1, 0.15) is 17.0 Å². The largest absolute Gasteiger partial charge is 0.323 e. The Hall–Kier alpha value is -3.91. The van der Waals surface area contributed by atoms with Crippen LogP contribution in [0.25, 0.3) is 32.6 Å². The van der Waals surface area contributed by atoms with E-state index in [1.54, 1.807) is 0 Å². The molecule has 0 saturated heterocycles. The lowest BCUT2D eigenvalue weighted by Gasteiger charge is -2.13. The Kier molecular flexibility index (Phi) is 4.28. The minimum atomic E-state index is 0.806. The predicted molar refractivity (Wildman–Crippen MR) is 130 cm³/mol. The third-order valence-corrected chi connectivity index (χ3v) is 6.17. The van der Waals surface area contributed by atoms with Gasteiger partial charge < -0.3 is 4.57 Å². The Morgan fingerprint density at radius 3 is 1.90 bits per heavy atom. The molecule has 0 saturated carbocycles. The highest BCUT2D eigenvalue weighted by atomic mass is 15.1. The smallest absolute Gasteiger partial charge is 0.114 e. The number of fused-ring (bicyclic) bond motifs is 3. The molecular formula is C29H22N2. The summed E-state index contributed by atoms with van der Waals surface area (Å²) in [5, 5.41) is 5.16. The Morgan fingerprint density at radius 1 is 0.548 bits per heavy atom. The molecule has 0 spiro atoms. The van der Waals surface area contributed by atoms with Gasteiger partial charge in [-0.2, -0.15) is 0 Å². The van der Waals surface area contributed by atoms with Crippen LogP contribution in [-0.4, -0.2) is 9.55 Å². The van der Waals surface area contributed by atoms with Gasteiger partial charge in [0, 0.05) is 13.0 Å². The quantitative estimate of drug-likeness (QED) is 0.313. The molecule has 148 valence electrons. The topological polar surface area (TPSA) is 17.8 Å². The van der Waals surface area contributed by atoms with Gasteiger partial charge in [-0.15, -0.1) is 0 Å². The van der Waals surface area contributed by atoms with Gasteiger partial charge in [-0.25, -0.2) is 4.98 Å². The van der Waals surface area contributed by atoms with Crippen molar-refractivity contribution in [3.05, 3.63) is 126 Å². The van der Waals surface area contributed by atoms with Crippen LogP contribution >= 0.6 is 0 Å². The molecule has 0 aliphatic rings. The molecule has 31 heavy (non-hydrogen) atoms. The van der Waals surface area contributed by atoms with E-state index in [0.29, 0.717) is 0 Å². The first kappa shape index (κ1) is 17.9. The first-order valence-electron chi connectivity index (χ1n) is 10.7. The highest BCUT2D eigenvalue weighted by Gasteiger charge is 2.14. The van der Waals surface area contributed by atoms with Crippen molar-refractivity contribution in [2.75, 3.05) is 0 Å². The van der Waals surface area contributed by atoms with E-state index in [2.05, 4.69) is 114 Å². The molecule has 0 aliphatic carbocycles. The molecule has 6 aromatic rings. The molecule has 2 nitrogen and oxygen atoms in total. The van der Waals surface area contributed by atoms with Crippen molar-refractivity contribution in [3.63, 3.8) is 0 Å². The Bertz CT molecular complexity index is 1530. The second-order valence-corrected chi connectivity index (χ2v) is 8.06. The summed E-state index contributed by atoms with van der Waals surface area (Å²) in [4.78, 5) is 5.05. The molecule has 1 aromatic heterocycles. The molecule has 0 amide bonds. The zero-order valence-corrected chi connectivity index (χ0v) is 17.2. The van der Waals surface area contributed by atoms with Crippen molar-refractivity contribution in [1.29, 1.82) is 0 Å². The van der Waals surface area contributed by atoms with E-state index in [0.717, 1.165) is 24.3 Å². The normalized spacial score (nSPS) is 11.5. The summed E-state index contributed by atoms with van der Waals surface area (Å²) < 4.78 is 2.39. The van der Waals surface area contributed by atoms with Crippen molar-refractivity contribution < 1.29 is 0 Å². The fourth-order valence-corrected chi connectivity index (χ4v) is 4.65. The van der Waals surface area contributed by atoms with E-state index in [-0.39, 0.29) is 0 Å². The molecular weight excluding hydrogens is 376 g/mol. The molecule has 0 fully saturated rings. The van der Waals surface area contributed by atoms with Crippen molar-refractivity contribution in [2.45, 2.75) is 13.0 Å². The van der Waals surface area contributed by atoms with Gasteiger partial charge in [-0.3, -0.25) is 0 Å². The van der Waals surface area contributed by atoms with Crippen LogP contribution in [-0.2, 0) is 13.0 Å². The number of nitrogens with zero attached hydrogens (tertiary/aromatic N) is 2. The first-order chi connectivity index (χ1) is 15.4. The third-order valence-electron chi connectivity index (χ3n) is 6.17. The molecule has 0 aliphatic heterocycles. The maximum absolute atomic E-state index is 5.05. The number of para-hydroxylation sites is 2. The standard InChI is InChI=1S/C29H22N2/c1-3-15-25-21(9-1)11-7-13-23(25)19-29-30-27-17-5-6-18-28(27)31(29)20-24-14-8-12-22-10-2-4-16-26(22)24/h1-18H,19-20H2. The molecule has 0 radical (unpaired) electrons. The van der Waals surface area contributed by atoms with Gasteiger partial charge >= 0.3 is 0 Å². The van der Waals surface area contributed by atoms with Gasteiger partial charge in [0.1, 0.15) is 5.82 Å². The number of rotatable bonds is 4. The molecule has 1 heterocycles. The highest BCUT2D eigenvalue weighted by Crippen LogP contribution is 2.26. The number of aromatic nitrogens is 2. The van der Waals surface area contributed by atoms with Gasteiger partial charge in [-0.05, 0) is 44.8 Å². The number of benzene rings is 5. The molecule has 0 N–H and O–H groups in total. The average molecular weight is 399 g/mol. The van der Waals surface area contributed by atoms with E-state index < -0.39 is 0 Å². The Balaban J connectivity index is 1.50. The predicted octanol–water partition coefficient (Wildman–Crippen LogP) is 6.98. The van der Waals surface area contributed by atoms with Gasteiger partial charge in [0.2, 0.25) is 0 Å². The van der Waals surface area contributed by atoms with E-state index in [1.807, 2.05) is 0 Å². The fraction of sp³-hybridized carbons (Fsp3) is 0.0690. The summed E-state index contributed by atoms with van der Waals surface area (Å²) in [5.41, 5.74) is 4.87. The van der Waals surface area contributed by atoms with E-state index in [9.17, 15) is 0 Å². The first-order valence-corrected chi connectivity index (χ1v) is 10.7. The lowest BCUT2D eigenvalue weighted by Crippen LogP contribution is -2.06. The number of hydrogen-bond donors (Lipinski definition) is 0. The van der Waals surface area contributed by atoms with Crippen LogP contribution in [0.3, 0.4) is 0 Å². The zero-order chi connectivity index (χ0) is 20.6. The lowest BCUT2D eigenvalue weighted by molar-refractivity contribution is 0.767. The third kappa shape index (κ3) is 3.17. The summed E-state index contributed by atoms with van der Waals surface area (Å²) in [6, 6.07) is 38.8. The van der Waals surface area contributed by atoms with Gasteiger partial charge in [0.25, 0.3) is 0 Å². The van der Waals surface area contributed by atoms with Gasteiger partial charge in [0.05, 0.1) is 11.0 Å². The van der Waals surface area contributed by atoms with Crippen molar-refractivity contribution >= 4 is 32.6 Å². The monoisotopic (exact) mass is 398 g/mol. The maximum Gasteiger partial charge on any atom is 0.114 e. The molecule has 0 unspecified atom stereocenters. The van der Waals surface area contributed by atoms with E-state index in [1.165, 1.54) is 38.2 Å². The lowest BCUT2D eigenvalue weighted by atomic mass is 10.0. The minimum Gasteiger partial charge on any atom is -0.323 e. The highest BCUT2D eigenvalue weighted by molar-refractivity contribution is 5.87. The molecule has 0 bridgehead atoms. The van der Waals surface area contributed by atoms with Gasteiger partial charge in [0.15, 0.2) is 0 Å². The van der Waals surface area contributed by atoms with Crippen LogP contribution in [0.5, 0.6) is 0 Å². The van der Waals surface area contributed by atoms with Crippen LogP contribution in [0.15, 0.2) is 109 Å². The van der Waals surface area contributed by atoms with Crippen LogP contribution in [0, 0.1) is 0 Å². The minimum absolute atomic E-state index is 0.806. The second-order valence-electron chi connectivity index (χ2n) is 8.06. The van der Waals surface area contributed by atoms with E-state index >= 15 is 0 Å². The van der Waals surface area contributed by atoms with Crippen LogP contribution in [0.2, 0.25) is 0 Å². The van der Waals surface area contributed by atoms with Crippen molar-refractivity contribution in [1.82, 2.24) is 9.55 Å². The summed E-state index contributed by atoms with van der Waals surface area (Å²) in [7, 11) is 0. The average Bonchev–Trinajstić information content (AvgIpc) is 3.16. The van der Waals surface area contributed by atoms with Gasteiger partial charge in [-0.1, -0.05) is 97.1 Å². The maximum atomic E-state index is 5.05. The summed E-state index contributed by atoms with van der Waals surface area (Å²) in [6.45, 7) is 0.808. The number of imidazole rings is 1. The van der Waals surface area contributed by atoms with Crippen molar-refractivity contribution in [3.8, 4) is 0 Å². The second kappa shape index (κ2) is 7.41. The van der Waals surface area contributed by atoms with Crippen molar-refractivity contribution in [2.24, 2.45) is 0 Å². The molecule has 0 atom stereocenters.